The topological polar surface area (TPSA) is 49.9 Å². The molecule has 0 saturated carbocycles. The number of carbonyl (C=O) groups excluding carboxylic acids is 2. The minimum atomic E-state index is -0.139. The Kier molecular flexibility index (Phi) is 8.95. The van der Waals surface area contributed by atoms with Gasteiger partial charge in [0.25, 0.3) is 0 Å². The second-order valence-corrected chi connectivity index (χ2v) is 10.3. The zero-order valence-corrected chi connectivity index (χ0v) is 21.5. The lowest BCUT2D eigenvalue weighted by atomic mass is 10.00. The van der Waals surface area contributed by atoms with Crippen LogP contribution >= 0.6 is 11.3 Å². The van der Waals surface area contributed by atoms with E-state index in [-0.39, 0.29) is 24.4 Å². The minimum absolute atomic E-state index is 0.000656. The number of hydrogen-bond acceptors (Lipinski definition) is 4. The van der Waals surface area contributed by atoms with Crippen molar-refractivity contribution < 1.29 is 14.3 Å². The highest BCUT2D eigenvalue weighted by Gasteiger charge is 2.33. The number of nitrogens with zero attached hydrogens (tertiary/aromatic N) is 2. The Morgan fingerprint density at radius 1 is 1.15 bits per heavy atom. The van der Waals surface area contributed by atoms with E-state index in [1.54, 1.807) is 16.2 Å². The van der Waals surface area contributed by atoms with Crippen LogP contribution in [-0.4, -0.2) is 47.9 Å². The van der Waals surface area contributed by atoms with Crippen LogP contribution in [0.2, 0.25) is 0 Å². The minimum Gasteiger partial charge on any atom is -0.491 e. The summed E-state index contributed by atoms with van der Waals surface area (Å²) >= 11 is 1.75. The fourth-order valence-electron chi connectivity index (χ4n) is 4.24. The molecular weight excluding hydrogens is 432 g/mol. The van der Waals surface area contributed by atoms with Gasteiger partial charge in [-0.25, -0.2) is 0 Å². The molecule has 2 amide bonds. The van der Waals surface area contributed by atoms with Gasteiger partial charge in [0.2, 0.25) is 11.8 Å². The summed E-state index contributed by atoms with van der Waals surface area (Å²) < 4.78 is 6.17. The van der Waals surface area contributed by atoms with Crippen molar-refractivity contribution in [1.82, 2.24) is 9.80 Å². The van der Waals surface area contributed by atoms with E-state index in [1.165, 1.54) is 16.0 Å². The molecule has 0 saturated heterocycles. The number of carbonyl (C=O) groups is 2. The van der Waals surface area contributed by atoms with Crippen LogP contribution in [0.15, 0.2) is 35.7 Å². The third-order valence-electron chi connectivity index (χ3n) is 6.58. The zero-order chi connectivity index (χ0) is 24.0. The molecule has 0 fully saturated rings. The van der Waals surface area contributed by atoms with Crippen molar-refractivity contribution >= 4 is 23.2 Å². The molecular formula is C27H38N2O3S. The molecule has 2 aromatic rings. The molecule has 1 aliphatic rings. The van der Waals surface area contributed by atoms with Gasteiger partial charge in [0, 0.05) is 24.4 Å². The second kappa shape index (κ2) is 11.7. The SMILES string of the molecule is CCC(=O)N(CC(=O)N1CCc2sccc2[C@@H]1COc1ccc(C(C)C)cc1)C[C@H](C)CC. The zero-order valence-electron chi connectivity index (χ0n) is 20.7. The maximum absolute atomic E-state index is 13.5. The van der Waals surface area contributed by atoms with E-state index in [0.29, 0.717) is 38.0 Å². The van der Waals surface area contributed by atoms with E-state index in [1.807, 2.05) is 24.0 Å². The summed E-state index contributed by atoms with van der Waals surface area (Å²) in [6, 6.07) is 10.2. The molecule has 0 N–H and O–H groups in total. The first-order valence-electron chi connectivity index (χ1n) is 12.2. The molecule has 1 aromatic heterocycles. The lowest BCUT2D eigenvalue weighted by Gasteiger charge is -2.37. The number of thiophene rings is 1. The van der Waals surface area contributed by atoms with E-state index in [2.05, 4.69) is 51.3 Å². The van der Waals surface area contributed by atoms with Crippen molar-refractivity contribution in [3.63, 3.8) is 0 Å². The Balaban J connectivity index is 1.74. The standard InChI is InChI=1S/C27H38N2O3S/c1-6-20(5)16-28(26(30)7-2)17-27(31)29-14-12-25-23(13-15-33-25)24(29)18-32-22-10-8-21(9-11-22)19(3)4/h8-11,13,15,19-20,24H,6-7,12,14,16-18H2,1-5H3/t20-,24+/m1/s1. The van der Waals surface area contributed by atoms with Crippen molar-refractivity contribution in [2.24, 2.45) is 5.92 Å². The van der Waals surface area contributed by atoms with Gasteiger partial charge >= 0.3 is 0 Å². The lowest BCUT2D eigenvalue weighted by molar-refractivity contribution is -0.143. The smallest absolute Gasteiger partial charge is 0.242 e. The van der Waals surface area contributed by atoms with Crippen LogP contribution in [0.4, 0.5) is 0 Å². The normalized spacial score (nSPS) is 16.4. The molecule has 5 nitrogen and oxygen atoms in total. The van der Waals surface area contributed by atoms with Gasteiger partial charge in [0.05, 0.1) is 12.6 Å². The van der Waals surface area contributed by atoms with Crippen molar-refractivity contribution in [3.8, 4) is 5.75 Å². The maximum Gasteiger partial charge on any atom is 0.242 e. The number of fused-ring (bicyclic) bond motifs is 1. The second-order valence-electron chi connectivity index (χ2n) is 9.33. The van der Waals surface area contributed by atoms with Crippen LogP contribution in [0, 0.1) is 5.92 Å². The van der Waals surface area contributed by atoms with Crippen LogP contribution in [0.1, 0.15) is 75.4 Å². The highest BCUT2D eigenvalue weighted by atomic mass is 32.1. The number of hydrogen-bond donors (Lipinski definition) is 0. The van der Waals surface area contributed by atoms with Crippen molar-refractivity contribution in [2.75, 3.05) is 26.2 Å². The van der Waals surface area contributed by atoms with E-state index in [4.69, 9.17) is 4.74 Å². The molecule has 1 aromatic carbocycles. The Bertz CT molecular complexity index is 922. The van der Waals surface area contributed by atoms with Gasteiger partial charge in [-0.15, -0.1) is 11.3 Å². The van der Waals surface area contributed by atoms with Gasteiger partial charge in [-0.2, -0.15) is 0 Å². The van der Waals surface area contributed by atoms with Crippen molar-refractivity contribution in [2.45, 2.75) is 65.8 Å². The summed E-state index contributed by atoms with van der Waals surface area (Å²) in [7, 11) is 0. The summed E-state index contributed by atoms with van der Waals surface area (Å²) in [5, 5.41) is 2.10. The Morgan fingerprint density at radius 2 is 1.88 bits per heavy atom. The Hall–Kier alpha value is -2.34. The molecule has 0 radical (unpaired) electrons. The quantitative estimate of drug-likeness (QED) is 0.450. The predicted molar refractivity (Wildman–Crippen MR) is 135 cm³/mol. The van der Waals surface area contributed by atoms with E-state index in [0.717, 1.165) is 18.6 Å². The van der Waals surface area contributed by atoms with Gasteiger partial charge in [-0.3, -0.25) is 9.59 Å². The number of amides is 2. The monoisotopic (exact) mass is 470 g/mol. The Morgan fingerprint density at radius 3 is 2.52 bits per heavy atom. The molecule has 0 aliphatic carbocycles. The van der Waals surface area contributed by atoms with Crippen LogP contribution < -0.4 is 4.74 Å². The average Bonchev–Trinajstić information content (AvgIpc) is 3.30. The molecule has 180 valence electrons. The van der Waals surface area contributed by atoms with E-state index < -0.39 is 0 Å². The van der Waals surface area contributed by atoms with Crippen LogP contribution in [-0.2, 0) is 16.0 Å². The lowest BCUT2D eigenvalue weighted by Crippen LogP contribution is -2.48. The van der Waals surface area contributed by atoms with Crippen LogP contribution in [0.5, 0.6) is 5.75 Å². The molecule has 2 atom stereocenters. The maximum atomic E-state index is 13.5. The van der Waals surface area contributed by atoms with Crippen molar-refractivity contribution in [1.29, 1.82) is 0 Å². The Labute approximate surface area is 202 Å². The van der Waals surface area contributed by atoms with Gasteiger partial charge < -0.3 is 14.5 Å². The summed E-state index contributed by atoms with van der Waals surface area (Å²) in [5.74, 6) is 1.69. The van der Waals surface area contributed by atoms with E-state index in [9.17, 15) is 9.59 Å². The molecule has 6 heteroatoms. The van der Waals surface area contributed by atoms with Gasteiger partial charge in [-0.1, -0.05) is 53.2 Å². The third kappa shape index (κ3) is 6.38. The molecule has 0 bridgehead atoms. The van der Waals surface area contributed by atoms with E-state index >= 15 is 0 Å². The molecule has 0 spiro atoms. The predicted octanol–water partition coefficient (Wildman–Crippen LogP) is 5.66. The van der Waals surface area contributed by atoms with Crippen LogP contribution in [0.25, 0.3) is 0 Å². The first kappa shape index (κ1) is 25.3. The molecule has 1 aliphatic heterocycles. The van der Waals surface area contributed by atoms with Crippen molar-refractivity contribution in [3.05, 3.63) is 51.7 Å². The first-order chi connectivity index (χ1) is 15.8. The summed E-state index contributed by atoms with van der Waals surface area (Å²) in [5.41, 5.74) is 2.45. The summed E-state index contributed by atoms with van der Waals surface area (Å²) in [4.78, 5) is 31.0. The highest BCUT2D eigenvalue weighted by molar-refractivity contribution is 7.10. The fraction of sp³-hybridized carbons (Fsp3) is 0.556. The fourth-order valence-corrected chi connectivity index (χ4v) is 5.16. The molecule has 2 heterocycles. The summed E-state index contributed by atoms with van der Waals surface area (Å²) in [6.45, 7) is 12.3. The number of rotatable bonds is 10. The van der Waals surface area contributed by atoms with Gasteiger partial charge in [-0.05, 0) is 53.0 Å². The third-order valence-corrected chi connectivity index (χ3v) is 7.58. The first-order valence-corrected chi connectivity index (χ1v) is 13.1. The number of benzene rings is 1. The van der Waals surface area contributed by atoms with Crippen LogP contribution in [0.3, 0.4) is 0 Å². The van der Waals surface area contributed by atoms with Gasteiger partial charge in [0.15, 0.2) is 0 Å². The highest BCUT2D eigenvalue weighted by Crippen LogP contribution is 2.34. The molecule has 0 unspecified atom stereocenters. The van der Waals surface area contributed by atoms with Gasteiger partial charge in [0.1, 0.15) is 12.4 Å². The molecule has 3 rings (SSSR count). The number of ether oxygens (including phenoxy) is 1. The summed E-state index contributed by atoms with van der Waals surface area (Å²) in [6.07, 6.45) is 2.25. The average molecular weight is 471 g/mol. The molecule has 33 heavy (non-hydrogen) atoms. The largest absolute Gasteiger partial charge is 0.491 e.